The standard InChI is InChI=1S/C60H91N15O23/c1-6-28(2)47(74-51(89)37(9-7-8-20-61)66-54(92)40(23-45(62)84)67-50(88)29(3)64-31(5)81)59(97)73-43(26-78)55(93)69-38(21-32-10-14-34(82)15-11-32)52(90)68-39(22-33-12-16-35(83)17-13-33)53(91)70-41(24-76)56(94)71-42(25-77)57(95)72-44(27-79)58(96)75-48(30(4)80)60(98)65-36(49(63)87)18-19-46(85)86/h10-17,28-30,36-44,47-48,76-80,82-83H,6-9,18-27,61H2,1-5H3,(H2,62,84)(H2,63,87)(H,64,81)(H,65,98)(H,66,92)(H,67,88)(H,68,90)(H,69,93)(H,70,91)(H,71,94)(H,72,95)(H,73,97)(H,74,89)(H,75,96)(H,85,86)/t28-,29-,30+,36+,37-,38-,39-,40-,41-,42-,43-,44+,47-,48-/m0/s1. The van der Waals surface area contributed by atoms with Gasteiger partial charge < -0.3 is 122 Å². The number of nitrogens with two attached hydrogens (primary N) is 3. The third kappa shape index (κ3) is 29.1. The van der Waals surface area contributed by atoms with Gasteiger partial charge in [-0.25, -0.2) is 0 Å². The molecule has 38 nitrogen and oxygen atoms in total. The smallest absolute Gasteiger partial charge is 0.303 e. The molecule has 38 heteroatoms. The molecule has 0 heterocycles. The average molecular weight is 1390 g/mol. The largest absolute Gasteiger partial charge is 0.508 e. The minimum Gasteiger partial charge on any atom is -0.508 e. The van der Waals surface area contributed by atoms with E-state index in [1.165, 1.54) is 55.5 Å². The summed E-state index contributed by atoms with van der Waals surface area (Å²) in [7, 11) is 0. The lowest BCUT2D eigenvalue weighted by molar-refractivity contribution is -0.138. The van der Waals surface area contributed by atoms with Crippen LogP contribution >= 0.6 is 0 Å². The SMILES string of the molecule is CC[C@H](C)[C@H](NC(=O)[C@H](CCCCN)NC(=O)[C@H](CC(N)=O)NC(=O)[C@H](C)NC(C)=O)C(=O)N[C@@H](CO)C(=O)N[C@@H](Cc1ccc(O)cc1)C(=O)N[C@@H](Cc1ccc(O)cc1)C(=O)N[C@@H](CO)C(=O)N[C@@H](CO)C(=O)N[C@H](CO)C(=O)N[C@H](C(=O)N[C@H](CCC(=O)O)C(N)=O)[C@@H](C)O. The summed E-state index contributed by atoms with van der Waals surface area (Å²) in [6.45, 7) is 1.99. The Kier molecular flexibility index (Phi) is 36.3. The fourth-order valence-corrected chi connectivity index (χ4v) is 9.09. The summed E-state index contributed by atoms with van der Waals surface area (Å²) < 4.78 is 0. The van der Waals surface area contributed by atoms with E-state index in [9.17, 15) is 108 Å². The molecule has 14 amide bonds. The molecule has 0 aliphatic rings. The van der Waals surface area contributed by atoms with E-state index in [4.69, 9.17) is 22.3 Å². The van der Waals surface area contributed by atoms with E-state index in [1.54, 1.807) is 13.8 Å². The van der Waals surface area contributed by atoms with E-state index in [-0.39, 0.29) is 48.4 Å². The van der Waals surface area contributed by atoms with Gasteiger partial charge in [-0.05, 0) is 87.4 Å². The van der Waals surface area contributed by atoms with Crippen molar-refractivity contribution in [2.24, 2.45) is 23.1 Å². The van der Waals surface area contributed by atoms with Crippen LogP contribution in [0.5, 0.6) is 11.5 Å². The second kappa shape index (κ2) is 42.4. The number of carbonyl (C=O) groups excluding carboxylic acids is 14. The molecule has 0 spiro atoms. The maximum atomic E-state index is 14.6. The van der Waals surface area contributed by atoms with Gasteiger partial charge in [-0.2, -0.15) is 0 Å². The molecule has 2 aromatic rings. The van der Waals surface area contributed by atoms with Gasteiger partial charge in [0.05, 0.1) is 39.0 Å². The number of carboxylic acids is 1. The Morgan fingerprint density at radius 2 is 0.776 bits per heavy atom. The normalized spacial score (nSPS) is 15.3. The molecule has 0 saturated carbocycles. The number of aliphatic hydroxyl groups is 5. The number of hydrogen-bond donors (Lipinski definition) is 23. The molecule has 2 rings (SSSR count). The quantitative estimate of drug-likeness (QED) is 0.0274. The van der Waals surface area contributed by atoms with E-state index in [0.29, 0.717) is 6.42 Å². The summed E-state index contributed by atoms with van der Waals surface area (Å²) in [5.74, 6) is -18.2. The summed E-state index contributed by atoms with van der Waals surface area (Å²) in [5, 5.41) is 108. The van der Waals surface area contributed by atoms with Gasteiger partial charge in [0, 0.05) is 26.2 Å². The maximum absolute atomic E-state index is 14.6. The molecule has 14 atom stereocenters. The van der Waals surface area contributed by atoms with Crippen LogP contribution in [0.2, 0.25) is 0 Å². The molecule has 0 radical (unpaired) electrons. The van der Waals surface area contributed by atoms with Gasteiger partial charge in [0.2, 0.25) is 82.7 Å². The molecule has 2 aromatic carbocycles. The number of primary amides is 2. The number of amides is 14. The van der Waals surface area contributed by atoms with Crippen molar-refractivity contribution < 1.29 is 113 Å². The van der Waals surface area contributed by atoms with Gasteiger partial charge in [0.15, 0.2) is 0 Å². The summed E-state index contributed by atoms with van der Waals surface area (Å²) in [6.07, 6.45) is -3.77. The number of carboxylic acid groups (broad SMARTS) is 1. The molecule has 98 heavy (non-hydrogen) atoms. The highest BCUT2D eigenvalue weighted by atomic mass is 16.4. The predicted octanol–water partition coefficient (Wildman–Crippen LogP) is -9.51. The van der Waals surface area contributed by atoms with E-state index in [0.717, 1.165) is 13.8 Å². The maximum Gasteiger partial charge on any atom is 0.303 e. The van der Waals surface area contributed by atoms with Crippen molar-refractivity contribution >= 4 is 88.7 Å². The van der Waals surface area contributed by atoms with Crippen LogP contribution in [0.15, 0.2) is 48.5 Å². The van der Waals surface area contributed by atoms with Gasteiger partial charge in [0.25, 0.3) is 0 Å². The lowest BCUT2D eigenvalue weighted by Gasteiger charge is -2.29. The first kappa shape index (κ1) is 83.9. The fourth-order valence-electron chi connectivity index (χ4n) is 9.09. The van der Waals surface area contributed by atoms with Crippen LogP contribution < -0.4 is 81.0 Å². The van der Waals surface area contributed by atoms with Crippen molar-refractivity contribution in [2.75, 3.05) is 33.0 Å². The Morgan fingerprint density at radius 1 is 0.429 bits per heavy atom. The van der Waals surface area contributed by atoms with Crippen molar-refractivity contribution in [3.8, 4) is 11.5 Å². The number of unbranched alkanes of at least 4 members (excludes halogenated alkanes) is 1. The zero-order chi connectivity index (χ0) is 74.1. The van der Waals surface area contributed by atoms with Crippen molar-refractivity contribution in [3.63, 3.8) is 0 Å². The summed E-state index contributed by atoms with van der Waals surface area (Å²) in [4.78, 5) is 198. The lowest BCUT2D eigenvalue weighted by atomic mass is 9.97. The summed E-state index contributed by atoms with van der Waals surface area (Å²) in [5.41, 5.74) is 16.8. The highest BCUT2D eigenvalue weighted by Crippen LogP contribution is 2.16. The third-order valence-electron chi connectivity index (χ3n) is 14.9. The molecule has 0 saturated heterocycles. The van der Waals surface area contributed by atoms with Crippen molar-refractivity contribution in [2.45, 2.75) is 171 Å². The number of hydrogen-bond acceptors (Lipinski definition) is 23. The minimum absolute atomic E-state index is 0.0960. The third-order valence-corrected chi connectivity index (χ3v) is 14.9. The Bertz CT molecular complexity index is 3090. The Labute approximate surface area is 561 Å². The van der Waals surface area contributed by atoms with Gasteiger partial charge in [-0.15, -0.1) is 0 Å². The Morgan fingerprint density at radius 3 is 1.15 bits per heavy atom. The van der Waals surface area contributed by atoms with Crippen molar-refractivity contribution in [3.05, 3.63) is 59.7 Å². The number of aliphatic hydroxyl groups excluding tert-OH is 5. The van der Waals surface area contributed by atoms with Crippen LogP contribution in [0.1, 0.15) is 90.7 Å². The van der Waals surface area contributed by atoms with Crippen LogP contribution in [0.4, 0.5) is 0 Å². The van der Waals surface area contributed by atoms with Crippen LogP contribution in [-0.2, 0) is 84.8 Å². The molecule has 0 bridgehead atoms. The first-order valence-corrected chi connectivity index (χ1v) is 30.9. The van der Waals surface area contributed by atoms with Crippen molar-refractivity contribution in [1.29, 1.82) is 0 Å². The Hall–Kier alpha value is -10.1. The highest BCUT2D eigenvalue weighted by molar-refractivity contribution is 6.00. The van der Waals surface area contributed by atoms with Crippen LogP contribution in [0, 0.1) is 5.92 Å². The zero-order valence-corrected chi connectivity index (χ0v) is 54.5. The van der Waals surface area contributed by atoms with Gasteiger partial charge >= 0.3 is 5.97 Å². The molecule has 26 N–H and O–H groups in total. The summed E-state index contributed by atoms with van der Waals surface area (Å²) in [6, 6.07) is -10.4. The predicted molar refractivity (Wildman–Crippen MR) is 340 cm³/mol. The van der Waals surface area contributed by atoms with Crippen molar-refractivity contribution in [1.82, 2.24) is 63.8 Å². The molecular weight excluding hydrogens is 1300 g/mol. The van der Waals surface area contributed by atoms with Gasteiger partial charge in [-0.3, -0.25) is 71.9 Å². The first-order valence-electron chi connectivity index (χ1n) is 30.9. The number of carbonyl (C=O) groups is 15. The topological polar surface area (TPSA) is 640 Å². The van der Waals surface area contributed by atoms with E-state index in [2.05, 4.69) is 47.9 Å². The average Bonchev–Trinajstić information content (AvgIpc) is 0.877. The molecular formula is C60H91N15O23. The van der Waals surface area contributed by atoms with Crippen LogP contribution in [-0.4, -0.2) is 241 Å². The number of aromatic hydroxyl groups is 2. The zero-order valence-electron chi connectivity index (χ0n) is 54.5. The number of phenolic OH excluding ortho intramolecular Hbond substituents is 2. The molecule has 0 fully saturated rings. The summed E-state index contributed by atoms with van der Waals surface area (Å²) >= 11 is 0. The van der Waals surface area contributed by atoms with Crippen LogP contribution in [0.3, 0.4) is 0 Å². The monoisotopic (exact) mass is 1390 g/mol. The first-order chi connectivity index (χ1) is 46.1. The molecule has 0 unspecified atom stereocenters. The second-order valence-electron chi connectivity index (χ2n) is 22.8. The molecule has 0 aromatic heterocycles. The lowest BCUT2D eigenvalue weighted by Crippen LogP contribution is -2.63. The molecule has 0 aliphatic carbocycles. The van der Waals surface area contributed by atoms with Crippen LogP contribution in [0.25, 0.3) is 0 Å². The number of rotatable bonds is 44. The number of aliphatic carboxylic acids is 1. The number of benzene rings is 2. The minimum atomic E-state index is -2.03. The van der Waals surface area contributed by atoms with E-state index < -0.39 is 232 Å². The highest BCUT2D eigenvalue weighted by Gasteiger charge is 2.38. The number of phenols is 2. The van der Waals surface area contributed by atoms with E-state index in [1.807, 2.05) is 16.0 Å². The van der Waals surface area contributed by atoms with Gasteiger partial charge in [-0.1, -0.05) is 44.5 Å². The van der Waals surface area contributed by atoms with Gasteiger partial charge in [0.1, 0.15) is 84.0 Å². The fraction of sp³-hybridized carbons (Fsp3) is 0.550. The molecule has 0 aliphatic heterocycles. The van der Waals surface area contributed by atoms with E-state index >= 15 is 0 Å². The number of nitrogens with one attached hydrogen (secondary N) is 12. The second-order valence-corrected chi connectivity index (χ2v) is 22.8. The Balaban J connectivity index is 2.48. The molecule has 544 valence electrons.